The van der Waals surface area contributed by atoms with Crippen LogP contribution in [0.5, 0.6) is 5.75 Å². The Balaban J connectivity index is 1.80. The molecule has 4 atom stereocenters. The Morgan fingerprint density at radius 2 is 1.76 bits per heavy atom. The van der Waals surface area contributed by atoms with E-state index in [4.69, 9.17) is 14.2 Å². The number of carbonyl (C=O) groups is 2. The van der Waals surface area contributed by atoms with Crippen LogP contribution in [-0.2, 0) is 20.7 Å². The SMILES string of the molecule is C[C@@H]1OC(=O)[C@@H](NC(=O)OC(C)(C)C)CCC[C@H](Cc2ccc(F)cc2)[C@H]1Oc1ccccc1. The molecular formula is C27H34FNO5. The minimum absolute atomic E-state index is 0.00810. The highest BCUT2D eigenvalue weighted by molar-refractivity contribution is 5.81. The molecular weight excluding hydrogens is 437 g/mol. The topological polar surface area (TPSA) is 73.9 Å². The summed E-state index contributed by atoms with van der Waals surface area (Å²) in [4.78, 5) is 25.2. The second-order valence-corrected chi connectivity index (χ2v) is 9.76. The Bertz CT molecular complexity index is 942. The first-order valence-electron chi connectivity index (χ1n) is 11.8. The van der Waals surface area contributed by atoms with E-state index in [1.807, 2.05) is 30.3 Å². The third kappa shape index (κ3) is 7.75. The standard InChI is InChI=1S/C27H34FNO5/c1-18-24(33-22-10-6-5-7-11-22)20(17-19-13-15-21(28)16-14-19)9-8-12-23(25(30)32-18)29-26(31)34-27(2,3)4/h5-7,10-11,13-16,18,20,23-24H,8-9,12,17H2,1-4H3,(H,29,31)/t18-,20+,23-,24-/m0/s1. The number of alkyl carbamates (subject to hydrolysis) is 1. The average molecular weight is 472 g/mol. The molecule has 7 heteroatoms. The van der Waals surface area contributed by atoms with E-state index in [1.165, 1.54) is 12.1 Å². The number of benzene rings is 2. The number of esters is 1. The van der Waals surface area contributed by atoms with Gasteiger partial charge in [0, 0.05) is 5.92 Å². The van der Waals surface area contributed by atoms with Crippen LogP contribution in [0.15, 0.2) is 54.6 Å². The number of ether oxygens (including phenoxy) is 3. The van der Waals surface area contributed by atoms with Crippen molar-refractivity contribution >= 4 is 12.1 Å². The fourth-order valence-electron chi connectivity index (χ4n) is 4.15. The van der Waals surface area contributed by atoms with Crippen molar-refractivity contribution in [2.75, 3.05) is 0 Å². The molecule has 0 spiro atoms. The van der Waals surface area contributed by atoms with Gasteiger partial charge in [-0.15, -0.1) is 0 Å². The Kier molecular flexibility index (Phi) is 8.53. The predicted octanol–water partition coefficient (Wildman–Crippen LogP) is 5.44. The lowest BCUT2D eigenvalue weighted by atomic mass is 9.86. The van der Waals surface area contributed by atoms with Crippen molar-refractivity contribution in [2.24, 2.45) is 5.92 Å². The predicted molar refractivity (Wildman–Crippen MR) is 127 cm³/mol. The number of hydrogen-bond donors (Lipinski definition) is 1. The smallest absolute Gasteiger partial charge is 0.408 e. The molecule has 1 fully saturated rings. The van der Waals surface area contributed by atoms with E-state index in [9.17, 15) is 14.0 Å². The van der Waals surface area contributed by atoms with Crippen LogP contribution in [-0.4, -0.2) is 35.9 Å². The largest absolute Gasteiger partial charge is 0.486 e. The summed E-state index contributed by atoms with van der Waals surface area (Å²) in [5.74, 6) is -0.105. The molecule has 0 aliphatic carbocycles. The van der Waals surface area contributed by atoms with Crippen molar-refractivity contribution in [2.45, 2.75) is 77.2 Å². The van der Waals surface area contributed by atoms with Crippen LogP contribution in [0, 0.1) is 11.7 Å². The molecule has 0 aromatic heterocycles. The fraction of sp³-hybridized carbons (Fsp3) is 0.481. The number of halogens is 1. The minimum Gasteiger partial charge on any atom is -0.486 e. The van der Waals surface area contributed by atoms with E-state index in [0.717, 1.165) is 12.0 Å². The van der Waals surface area contributed by atoms with Gasteiger partial charge in [-0.1, -0.05) is 36.8 Å². The van der Waals surface area contributed by atoms with Crippen molar-refractivity contribution in [3.63, 3.8) is 0 Å². The van der Waals surface area contributed by atoms with Crippen LogP contribution < -0.4 is 10.1 Å². The molecule has 0 bridgehead atoms. The summed E-state index contributed by atoms with van der Waals surface area (Å²) in [6, 6.07) is 15.0. The molecule has 0 unspecified atom stereocenters. The van der Waals surface area contributed by atoms with Crippen LogP contribution in [0.1, 0.15) is 52.5 Å². The Labute approximate surface area is 200 Å². The lowest BCUT2D eigenvalue weighted by Gasteiger charge is -2.32. The van der Waals surface area contributed by atoms with Crippen LogP contribution in [0.25, 0.3) is 0 Å². The molecule has 1 aliphatic rings. The molecule has 3 rings (SSSR count). The number of hydrogen-bond acceptors (Lipinski definition) is 5. The van der Waals surface area contributed by atoms with Gasteiger partial charge in [0.2, 0.25) is 0 Å². The Morgan fingerprint density at radius 3 is 2.41 bits per heavy atom. The maximum Gasteiger partial charge on any atom is 0.408 e. The van der Waals surface area contributed by atoms with Crippen molar-refractivity contribution in [1.29, 1.82) is 0 Å². The molecule has 6 nitrogen and oxygen atoms in total. The fourth-order valence-corrected chi connectivity index (χ4v) is 4.15. The van der Waals surface area contributed by atoms with E-state index in [2.05, 4.69) is 5.32 Å². The Hall–Kier alpha value is -3.09. The summed E-state index contributed by atoms with van der Waals surface area (Å²) in [6.45, 7) is 7.10. The molecule has 34 heavy (non-hydrogen) atoms. The number of rotatable bonds is 5. The minimum atomic E-state index is -0.806. The zero-order chi connectivity index (χ0) is 24.7. The molecule has 1 aliphatic heterocycles. The van der Waals surface area contributed by atoms with Gasteiger partial charge in [-0.3, -0.25) is 0 Å². The monoisotopic (exact) mass is 471 g/mol. The van der Waals surface area contributed by atoms with E-state index < -0.39 is 35.9 Å². The molecule has 2 aromatic rings. The van der Waals surface area contributed by atoms with E-state index in [-0.39, 0.29) is 11.7 Å². The van der Waals surface area contributed by atoms with E-state index in [0.29, 0.717) is 25.0 Å². The molecule has 184 valence electrons. The zero-order valence-electron chi connectivity index (χ0n) is 20.3. The number of carbonyl (C=O) groups excluding carboxylic acids is 2. The van der Waals surface area contributed by atoms with Crippen molar-refractivity contribution < 1.29 is 28.2 Å². The second-order valence-electron chi connectivity index (χ2n) is 9.76. The lowest BCUT2D eigenvalue weighted by molar-refractivity contribution is -0.156. The summed E-state index contributed by atoms with van der Waals surface area (Å²) in [5.41, 5.74) is 0.309. The van der Waals surface area contributed by atoms with Gasteiger partial charge in [-0.05, 0) is 76.8 Å². The van der Waals surface area contributed by atoms with Crippen LogP contribution in [0.4, 0.5) is 9.18 Å². The first-order valence-corrected chi connectivity index (χ1v) is 11.8. The number of amides is 1. The third-order valence-electron chi connectivity index (χ3n) is 5.70. The highest BCUT2D eigenvalue weighted by atomic mass is 19.1. The highest BCUT2D eigenvalue weighted by Crippen LogP contribution is 2.29. The molecule has 1 N–H and O–H groups in total. The van der Waals surface area contributed by atoms with Crippen LogP contribution >= 0.6 is 0 Å². The summed E-state index contributed by atoms with van der Waals surface area (Å²) < 4.78 is 30.9. The average Bonchev–Trinajstić information content (AvgIpc) is 2.80. The summed E-state index contributed by atoms with van der Waals surface area (Å²) in [7, 11) is 0. The molecule has 1 heterocycles. The maximum atomic E-state index is 13.4. The van der Waals surface area contributed by atoms with E-state index in [1.54, 1.807) is 39.8 Å². The molecule has 1 saturated heterocycles. The normalized spacial score (nSPS) is 23.6. The lowest BCUT2D eigenvalue weighted by Crippen LogP contribution is -2.46. The van der Waals surface area contributed by atoms with Gasteiger partial charge >= 0.3 is 12.1 Å². The zero-order valence-corrected chi connectivity index (χ0v) is 20.3. The van der Waals surface area contributed by atoms with Gasteiger partial charge in [0.15, 0.2) is 0 Å². The third-order valence-corrected chi connectivity index (χ3v) is 5.70. The molecule has 2 aromatic carbocycles. The second kappa shape index (κ2) is 11.4. The van der Waals surface area contributed by atoms with Crippen molar-refractivity contribution in [3.05, 3.63) is 66.0 Å². The first kappa shape index (κ1) is 25.5. The van der Waals surface area contributed by atoms with Crippen molar-refractivity contribution in [3.8, 4) is 5.75 Å². The quantitative estimate of drug-likeness (QED) is 0.588. The van der Waals surface area contributed by atoms with Gasteiger partial charge < -0.3 is 19.5 Å². The van der Waals surface area contributed by atoms with Crippen LogP contribution in [0.3, 0.4) is 0 Å². The van der Waals surface area contributed by atoms with Gasteiger partial charge in [-0.2, -0.15) is 0 Å². The summed E-state index contributed by atoms with van der Waals surface area (Å²) in [6.07, 6.45) is 0.828. The van der Waals surface area contributed by atoms with Gasteiger partial charge in [0.1, 0.15) is 35.4 Å². The number of cyclic esters (lactones) is 1. The van der Waals surface area contributed by atoms with Gasteiger partial charge in [-0.25, -0.2) is 14.0 Å². The maximum absolute atomic E-state index is 13.4. The first-order chi connectivity index (χ1) is 16.1. The van der Waals surface area contributed by atoms with Crippen molar-refractivity contribution in [1.82, 2.24) is 5.32 Å². The molecule has 0 radical (unpaired) electrons. The van der Waals surface area contributed by atoms with E-state index >= 15 is 0 Å². The number of para-hydroxylation sites is 1. The van der Waals surface area contributed by atoms with Crippen LogP contribution in [0.2, 0.25) is 0 Å². The van der Waals surface area contributed by atoms with Gasteiger partial charge in [0.25, 0.3) is 0 Å². The summed E-state index contributed by atoms with van der Waals surface area (Å²) >= 11 is 0. The molecule has 1 amide bonds. The summed E-state index contributed by atoms with van der Waals surface area (Å²) in [5, 5.41) is 2.66. The molecule has 0 saturated carbocycles. The number of nitrogens with one attached hydrogen (secondary N) is 1. The highest BCUT2D eigenvalue weighted by Gasteiger charge is 2.36. The van der Waals surface area contributed by atoms with Gasteiger partial charge in [0.05, 0.1) is 0 Å². The Morgan fingerprint density at radius 1 is 1.09 bits per heavy atom.